The average Bonchev–Trinajstić information content (AvgIpc) is 3.25. The van der Waals surface area contributed by atoms with Gasteiger partial charge in [-0.2, -0.15) is 0 Å². The molecule has 8 heteroatoms. The van der Waals surface area contributed by atoms with E-state index in [4.69, 9.17) is 27.6 Å². The summed E-state index contributed by atoms with van der Waals surface area (Å²) >= 11 is 13.6. The molecule has 3 aromatic rings. The maximum absolute atomic E-state index is 12.3. The Balaban J connectivity index is 1.61. The van der Waals surface area contributed by atoms with Crippen molar-refractivity contribution in [3.8, 4) is 17.1 Å². The van der Waals surface area contributed by atoms with Crippen LogP contribution in [0.2, 0.25) is 10.0 Å². The van der Waals surface area contributed by atoms with E-state index in [-0.39, 0.29) is 11.7 Å². The zero-order valence-corrected chi connectivity index (χ0v) is 17.4. The Morgan fingerprint density at radius 2 is 1.83 bits per heavy atom. The molecule has 0 saturated carbocycles. The number of aromatic hydroxyl groups is 1. The van der Waals surface area contributed by atoms with E-state index in [0.29, 0.717) is 42.9 Å². The summed E-state index contributed by atoms with van der Waals surface area (Å²) in [7, 11) is 0. The highest BCUT2D eigenvalue weighted by atomic mass is 35.5. The molecule has 2 aromatic carbocycles. The highest BCUT2D eigenvalue weighted by Gasteiger charge is 2.25. The summed E-state index contributed by atoms with van der Waals surface area (Å²) in [5.74, 6) is 0.746. The zero-order chi connectivity index (χ0) is 20.5. The van der Waals surface area contributed by atoms with Crippen LogP contribution in [0.5, 0.6) is 5.75 Å². The molecule has 0 radical (unpaired) electrons. The van der Waals surface area contributed by atoms with E-state index in [9.17, 15) is 9.90 Å². The Bertz CT molecular complexity index is 1140. The second kappa shape index (κ2) is 7.99. The van der Waals surface area contributed by atoms with Crippen molar-refractivity contribution in [1.29, 1.82) is 0 Å². The van der Waals surface area contributed by atoms with Gasteiger partial charge in [-0.1, -0.05) is 41.4 Å². The van der Waals surface area contributed by atoms with E-state index in [1.54, 1.807) is 48.5 Å². The third-order valence-corrected chi connectivity index (χ3v) is 5.73. The van der Waals surface area contributed by atoms with Gasteiger partial charge in [-0.05, 0) is 54.6 Å². The van der Waals surface area contributed by atoms with Crippen molar-refractivity contribution in [3.63, 3.8) is 0 Å². The van der Waals surface area contributed by atoms with Gasteiger partial charge in [0.25, 0.3) is 5.91 Å². The first-order chi connectivity index (χ1) is 13.9. The number of nitrogens with zero attached hydrogens (tertiary/aromatic N) is 1. The number of hydrogen-bond donors (Lipinski definition) is 2. The van der Waals surface area contributed by atoms with Crippen LogP contribution in [0.15, 0.2) is 62.8 Å². The fourth-order valence-electron chi connectivity index (χ4n) is 2.80. The first-order valence-electron chi connectivity index (χ1n) is 8.55. The lowest BCUT2D eigenvalue weighted by Crippen LogP contribution is -2.19. The Morgan fingerprint density at radius 1 is 1.10 bits per heavy atom. The van der Waals surface area contributed by atoms with Crippen LogP contribution >= 0.6 is 35.0 Å². The molecule has 1 amide bonds. The number of amidine groups is 1. The second-order valence-corrected chi connectivity index (χ2v) is 8.07. The number of nitrogens with one attached hydrogen (secondary N) is 1. The number of phenolic OH excluding ortho intramolecular Hbond substituents is 1. The minimum atomic E-state index is -0.296. The topological polar surface area (TPSA) is 74.8 Å². The third kappa shape index (κ3) is 4.05. The Kier molecular flexibility index (Phi) is 5.41. The molecule has 2 N–H and O–H groups in total. The molecule has 0 aliphatic carbocycles. The molecule has 0 unspecified atom stereocenters. The normalized spacial score (nSPS) is 16.6. The summed E-state index contributed by atoms with van der Waals surface area (Å²) in [4.78, 5) is 17.1. The molecule has 146 valence electrons. The predicted octanol–water partition coefficient (Wildman–Crippen LogP) is 6.16. The van der Waals surface area contributed by atoms with Crippen LogP contribution in [0, 0.1) is 6.92 Å². The van der Waals surface area contributed by atoms with E-state index >= 15 is 0 Å². The van der Waals surface area contributed by atoms with E-state index in [1.807, 2.05) is 13.0 Å². The number of amides is 1. The van der Waals surface area contributed by atoms with Crippen LogP contribution in [0.4, 0.5) is 5.69 Å². The van der Waals surface area contributed by atoms with Crippen molar-refractivity contribution in [2.75, 3.05) is 0 Å². The lowest BCUT2D eigenvalue weighted by molar-refractivity contribution is -0.115. The van der Waals surface area contributed by atoms with Crippen LogP contribution < -0.4 is 5.32 Å². The minimum Gasteiger partial charge on any atom is -0.506 e. The number of carbonyl (C=O) groups excluding carboxylic acids is 1. The number of furan rings is 1. The van der Waals surface area contributed by atoms with Gasteiger partial charge in [0.05, 0.1) is 20.5 Å². The first kappa shape index (κ1) is 19.6. The zero-order valence-electron chi connectivity index (χ0n) is 15.1. The summed E-state index contributed by atoms with van der Waals surface area (Å²) in [5, 5.41) is 14.0. The molecule has 0 atom stereocenters. The SMILES string of the molecule is Cc1cccc(O)c1N=C1NC(=O)/C(=C\c2ccc(-c3c(Cl)cccc3Cl)o2)S1. The lowest BCUT2D eigenvalue weighted by Gasteiger charge is -2.03. The van der Waals surface area contributed by atoms with Crippen LogP contribution in [0.3, 0.4) is 0 Å². The van der Waals surface area contributed by atoms with Gasteiger partial charge in [-0.15, -0.1) is 0 Å². The number of phenols is 1. The molecular formula is C21H14Cl2N2O3S. The number of aryl methyl sites for hydroxylation is 1. The molecule has 1 aliphatic heterocycles. The summed E-state index contributed by atoms with van der Waals surface area (Å²) in [6, 6.07) is 13.8. The van der Waals surface area contributed by atoms with Crippen molar-refractivity contribution in [2.24, 2.45) is 4.99 Å². The van der Waals surface area contributed by atoms with Crippen LogP contribution in [0.1, 0.15) is 11.3 Å². The van der Waals surface area contributed by atoms with E-state index < -0.39 is 0 Å². The van der Waals surface area contributed by atoms with Crippen molar-refractivity contribution < 1.29 is 14.3 Å². The number of hydrogen-bond acceptors (Lipinski definition) is 5. The van der Waals surface area contributed by atoms with E-state index in [0.717, 1.165) is 17.3 Å². The van der Waals surface area contributed by atoms with Gasteiger partial charge < -0.3 is 14.8 Å². The van der Waals surface area contributed by atoms with Gasteiger partial charge >= 0.3 is 0 Å². The number of halogens is 2. The highest BCUT2D eigenvalue weighted by Crippen LogP contribution is 2.37. The maximum Gasteiger partial charge on any atom is 0.264 e. The van der Waals surface area contributed by atoms with Crippen molar-refractivity contribution >= 4 is 57.8 Å². The molecular weight excluding hydrogens is 431 g/mol. The lowest BCUT2D eigenvalue weighted by atomic mass is 10.2. The number of thioether (sulfide) groups is 1. The Morgan fingerprint density at radius 3 is 2.55 bits per heavy atom. The second-order valence-electron chi connectivity index (χ2n) is 6.22. The molecule has 2 heterocycles. The fraction of sp³-hybridized carbons (Fsp3) is 0.0476. The molecule has 0 bridgehead atoms. The standard InChI is InChI=1S/C21H14Cl2N2O3S/c1-11-4-2-7-15(26)19(11)24-21-25-20(27)17(29-21)10-12-8-9-16(28-12)18-13(22)5-3-6-14(18)23/h2-10,26H,1H3,(H,24,25,27)/b17-10+. The van der Waals surface area contributed by atoms with Crippen molar-refractivity contribution in [1.82, 2.24) is 5.32 Å². The first-order valence-corrected chi connectivity index (χ1v) is 10.1. The van der Waals surface area contributed by atoms with Crippen molar-refractivity contribution in [3.05, 3.63) is 74.8 Å². The largest absolute Gasteiger partial charge is 0.506 e. The van der Waals surface area contributed by atoms with E-state index in [1.165, 1.54) is 0 Å². The number of rotatable bonds is 3. The van der Waals surface area contributed by atoms with Gasteiger partial charge in [0.1, 0.15) is 23.0 Å². The summed E-state index contributed by atoms with van der Waals surface area (Å²) in [6.45, 7) is 1.83. The molecule has 1 aromatic heterocycles. The molecule has 1 saturated heterocycles. The molecule has 1 aliphatic rings. The van der Waals surface area contributed by atoms with Crippen LogP contribution in [-0.2, 0) is 4.79 Å². The molecule has 0 spiro atoms. The monoisotopic (exact) mass is 444 g/mol. The van der Waals surface area contributed by atoms with E-state index in [2.05, 4.69) is 10.3 Å². The fourth-order valence-corrected chi connectivity index (χ4v) is 4.19. The Labute approximate surface area is 181 Å². The number of carbonyl (C=O) groups is 1. The highest BCUT2D eigenvalue weighted by molar-refractivity contribution is 8.18. The number of benzene rings is 2. The molecule has 5 nitrogen and oxygen atoms in total. The smallest absolute Gasteiger partial charge is 0.264 e. The number of aliphatic imine (C=N–C) groups is 1. The predicted molar refractivity (Wildman–Crippen MR) is 118 cm³/mol. The van der Waals surface area contributed by atoms with Crippen LogP contribution in [0.25, 0.3) is 17.4 Å². The van der Waals surface area contributed by atoms with Crippen molar-refractivity contribution in [2.45, 2.75) is 6.92 Å². The van der Waals surface area contributed by atoms with Gasteiger partial charge in [0, 0.05) is 6.08 Å². The van der Waals surface area contributed by atoms with Gasteiger partial charge in [0.15, 0.2) is 5.17 Å². The number of para-hydroxylation sites is 1. The molecule has 1 fully saturated rings. The molecule has 4 rings (SSSR count). The Hall–Kier alpha value is -2.67. The van der Waals surface area contributed by atoms with Crippen LogP contribution in [-0.4, -0.2) is 16.2 Å². The maximum atomic E-state index is 12.3. The average molecular weight is 445 g/mol. The minimum absolute atomic E-state index is 0.0528. The molecule has 29 heavy (non-hydrogen) atoms. The van der Waals surface area contributed by atoms with Gasteiger partial charge in [-0.25, -0.2) is 4.99 Å². The summed E-state index contributed by atoms with van der Waals surface area (Å²) in [6.07, 6.45) is 1.62. The summed E-state index contributed by atoms with van der Waals surface area (Å²) < 4.78 is 5.81. The third-order valence-electron chi connectivity index (χ3n) is 4.19. The van der Waals surface area contributed by atoms with Gasteiger partial charge in [0.2, 0.25) is 0 Å². The summed E-state index contributed by atoms with van der Waals surface area (Å²) in [5.41, 5.74) is 1.82. The quantitative estimate of drug-likeness (QED) is 0.474. The van der Waals surface area contributed by atoms with Gasteiger partial charge in [-0.3, -0.25) is 4.79 Å².